The van der Waals surface area contributed by atoms with Crippen LogP contribution in [0.5, 0.6) is 11.5 Å². The molecule has 0 aromatic heterocycles. The number of aliphatic imine (C=N–C) groups is 1. The SMILES string of the molecule is C=CCNC(=NC)NCC1(c2ccc3c(c2)OCO3)CC1. The first-order valence-corrected chi connectivity index (χ1v) is 7.23. The van der Waals surface area contributed by atoms with E-state index in [1.807, 2.05) is 12.1 Å². The predicted octanol–water partition coefficient (Wildman–Crippen LogP) is 1.80. The molecule has 2 aliphatic rings. The average molecular weight is 287 g/mol. The molecule has 0 unspecified atom stereocenters. The van der Waals surface area contributed by atoms with Crippen LogP contribution in [0.25, 0.3) is 0 Å². The van der Waals surface area contributed by atoms with E-state index in [0.717, 1.165) is 24.0 Å². The van der Waals surface area contributed by atoms with E-state index in [1.165, 1.54) is 18.4 Å². The van der Waals surface area contributed by atoms with E-state index in [4.69, 9.17) is 9.47 Å². The lowest BCUT2D eigenvalue weighted by molar-refractivity contribution is 0.174. The fourth-order valence-corrected chi connectivity index (χ4v) is 2.59. The van der Waals surface area contributed by atoms with E-state index in [-0.39, 0.29) is 5.41 Å². The average Bonchev–Trinajstić information content (AvgIpc) is 3.16. The molecule has 112 valence electrons. The quantitative estimate of drug-likeness (QED) is 0.492. The van der Waals surface area contributed by atoms with E-state index in [0.29, 0.717) is 13.3 Å². The maximum Gasteiger partial charge on any atom is 0.231 e. The molecule has 5 heteroatoms. The van der Waals surface area contributed by atoms with Crippen molar-refractivity contribution in [3.8, 4) is 11.5 Å². The van der Waals surface area contributed by atoms with Gasteiger partial charge >= 0.3 is 0 Å². The van der Waals surface area contributed by atoms with Gasteiger partial charge in [-0.1, -0.05) is 12.1 Å². The summed E-state index contributed by atoms with van der Waals surface area (Å²) in [5.41, 5.74) is 1.49. The van der Waals surface area contributed by atoms with Crippen LogP contribution in [0.15, 0.2) is 35.8 Å². The molecule has 1 heterocycles. The number of benzene rings is 1. The number of ether oxygens (including phenoxy) is 2. The number of hydrogen-bond acceptors (Lipinski definition) is 3. The molecular formula is C16H21N3O2. The lowest BCUT2D eigenvalue weighted by Crippen LogP contribution is -2.41. The Kier molecular flexibility index (Phi) is 3.73. The molecule has 0 bridgehead atoms. The van der Waals surface area contributed by atoms with E-state index < -0.39 is 0 Å². The van der Waals surface area contributed by atoms with Crippen LogP contribution in [0.1, 0.15) is 18.4 Å². The highest BCUT2D eigenvalue weighted by Crippen LogP contribution is 2.49. The van der Waals surface area contributed by atoms with Gasteiger partial charge in [-0.2, -0.15) is 0 Å². The molecule has 2 N–H and O–H groups in total. The number of fused-ring (bicyclic) bond motifs is 1. The first-order chi connectivity index (χ1) is 10.3. The van der Waals surface area contributed by atoms with Crippen LogP contribution in [-0.4, -0.2) is 32.9 Å². The van der Waals surface area contributed by atoms with Gasteiger partial charge < -0.3 is 20.1 Å². The standard InChI is InChI=1S/C16H21N3O2/c1-3-8-18-15(17-2)19-10-16(6-7-16)12-4-5-13-14(9-12)21-11-20-13/h3-5,9H,1,6-8,10-11H2,2H3,(H2,17,18,19). The molecule has 1 aliphatic carbocycles. The topological polar surface area (TPSA) is 54.9 Å². The minimum absolute atomic E-state index is 0.187. The monoisotopic (exact) mass is 287 g/mol. The smallest absolute Gasteiger partial charge is 0.231 e. The van der Waals surface area contributed by atoms with Gasteiger partial charge in [0.25, 0.3) is 0 Å². The summed E-state index contributed by atoms with van der Waals surface area (Å²) in [6.45, 7) is 5.59. The minimum Gasteiger partial charge on any atom is -0.454 e. The number of hydrogen-bond donors (Lipinski definition) is 2. The Hall–Kier alpha value is -2.17. The lowest BCUT2D eigenvalue weighted by atomic mass is 9.95. The number of guanidine groups is 1. The van der Waals surface area contributed by atoms with Crippen molar-refractivity contribution in [2.24, 2.45) is 4.99 Å². The summed E-state index contributed by atoms with van der Waals surface area (Å²) < 4.78 is 10.8. The third-order valence-corrected chi connectivity index (χ3v) is 4.07. The summed E-state index contributed by atoms with van der Waals surface area (Å²) in [6.07, 6.45) is 4.17. The zero-order valence-electron chi connectivity index (χ0n) is 12.3. The Morgan fingerprint density at radius 1 is 1.33 bits per heavy atom. The summed E-state index contributed by atoms with van der Waals surface area (Å²) in [5.74, 6) is 2.50. The molecule has 1 aromatic carbocycles. The van der Waals surface area contributed by atoms with Crippen molar-refractivity contribution in [2.45, 2.75) is 18.3 Å². The van der Waals surface area contributed by atoms with Crippen molar-refractivity contribution in [2.75, 3.05) is 26.9 Å². The van der Waals surface area contributed by atoms with Gasteiger partial charge in [0.2, 0.25) is 6.79 Å². The largest absolute Gasteiger partial charge is 0.454 e. The molecular weight excluding hydrogens is 266 g/mol. The molecule has 0 saturated heterocycles. The molecule has 3 rings (SSSR count). The van der Waals surface area contributed by atoms with E-state index in [2.05, 4.69) is 34.3 Å². The highest BCUT2D eigenvalue weighted by atomic mass is 16.7. The number of nitrogens with zero attached hydrogens (tertiary/aromatic N) is 1. The van der Waals surface area contributed by atoms with Crippen molar-refractivity contribution in [1.82, 2.24) is 10.6 Å². The van der Waals surface area contributed by atoms with Crippen LogP contribution in [-0.2, 0) is 5.41 Å². The third kappa shape index (κ3) is 2.82. The first-order valence-electron chi connectivity index (χ1n) is 7.23. The molecule has 0 atom stereocenters. The molecule has 1 fully saturated rings. The minimum atomic E-state index is 0.187. The molecule has 0 radical (unpaired) electrons. The zero-order valence-corrected chi connectivity index (χ0v) is 12.3. The van der Waals surface area contributed by atoms with Gasteiger partial charge in [0.05, 0.1) is 0 Å². The van der Waals surface area contributed by atoms with Gasteiger partial charge in [-0.25, -0.2) is 0 Å². The maximum absolute atomic E-state index is 5.47. The summed E-state index contributed by atoms with van der Waals surface area (Å²) in [6, 6.07) is 6.25. The Morgan fingerprint density at radius 3 is 2.86 bits per heavy atom. The first kappa shape index (κ1) is 13.8. The molecule has 0 spiro atoms. The summed E-state index contributed by atoms with van der Waals surface area (Å²) in [7, 11) is 1.78. The predicted molar refractivity (Wildman–Crippen MR) is 83.0 cm³/mol. The van der Waals surface area contributed by atoms with E-state index in [9.17, 15) is 0 Å². The van der Waals surface area contributed by atoms with Crippen LogP contribution in [0.2, 0.25) is 0 Å². The fraction of sp³-hybridized carbons (Fsp3) is 0.438. The summed E-state index contributed by atoms with van der Waals surface area (Å²) in [5, 5.41) is 6.58. The van der Waals surface area contributed by atoms with Crippen LogP contribution >= 0.6 is 0 Å². The molecule has 1 aliphatic heterocycles. The van der Waals surface area contributed by atoms with Gasteiger partial charge in [-0.05, 0) is 30.5 Å². The second kappa shape index (κ2) is 5.68. The number of nitrogens with one attached hydrogen (secondary N) is 2. The van der Waals surface area contributed by atoms with Gasteiger partial charge in [-0.3, -0.25) is 4.99 Å². The normalized spacial score (nSPS) is 18.2. The van der Waals surface area contributed by atoms with Crippen LogP contribution in [0.3, 0.4) is 0 Å². The second-order valence-corrected chi connectivity index (χ2v) is 5.44. The van der Waals surface area contributed by atoms with E-state index in [1.54, 1.807) is 7.05 Å². The molecule has 1 saturated carbocycles. The van der Waals surface area contributed by atoms with E-state index >= 15 is 0 Å². The lowest BCUT2D eigenvalue weighted by Gasteiger charge is -2.19. The summed E-state index contributed by atoms with van der Waals surface area (Å²) >= 11 is 0. The second-order valence-electron chi connectivity index (χ2n) is 5.44. The third-order valence-electron chi connectivity index (χ3n) is 4.07. The van der Waals surface area contributed by atoms with Crippen molar-refractivity contribution in [1.29, 1.82) is 0 Å². The van der Waals surface area contributed by atoms with Gasteiger partial charge in [-0.15, -0.1) is 6.58 Å². The summed E-state index contributed by atoms with van der Waals surface area (Å²) in [4.78, 5) is 4.21. The highest BCUT2D eigenvalue weighted by Gasteiger charge is 2.44. The van der Waals surface area contributed by atoms with Crippen molar-refractivity contribution in [3.05, 3.63) is 36.4 Å². The molecule has 0 amide bonds. The van der Waals surface area contributed by atoms with Crippen LogP contribution in [0, 0.1) is 0 Å². The van der Waals surface area contributed by atoms with Crippen molar-refractivity contribution < 1.29 is 9.47 Å². The van der Waals surface area contributed by atoms with Crippen molar-refractivity contribution >= 4 is 5.96 Å². The Bertz CT molecular complexity index is 565. The van der Waals surface area contributed by atoms with Gasteiger partial charge in [0.15, 0.2) is 17.5 Å². The Labute approximate surface area is 125 Å². The Balaban J connectivity index is 1.66. The fourth-order valence-electron chi connectivity index (χ4n) is 2.59. The van der Waals surface area contributed by atoms with Crippen LogP contribution < -0.4 is 20.1 Å². The van der Waals surface area contributed by atoms with Crippen molar-refractivity contribution in [3.63, 3.8) is 0 Å². The molecule has 1 aromatic rings. The zero-order chi connectivity index (χ0) is 14.7. The highest BCUT2D eigenvalue weighted by molar-refractivity contribution is 5.80. The van der Waals surface area contributed by atoms with Crippen LogP contribution in [0.4, 0.5) is 0 Å². The number of rotatable bonds is 5. The molecule has 21 heavy (non-hydrogen) atoms. The van der Waals surface area contributed by atoms with Gasteiger partial charge in [0, 0.05) is 25.6 Å². The maximum atomic E-state index is 5.47. The Morgan fingerprint density at radius 2 is 2.14 bits per heavy atom. The van der Waals surface area contributed by atoms with Gasteiger partial charge in [0.1, 0.15) is 0 Å². The molecule has 5 nitrogen and oxygen atoms in total.